The molecule has 7 heteroatoms. The predicted octanol–water partition coefficient (Wildman–Crippen LogP) is 1.58. The molecular weight excluding hydrogens is 294 g/mol. The quantitative estimate of drug-likeness (QED) is 0.843. The maximum absolute atomic E-state index is 12.0. The van der Waals surface area contributed by atoms with Crippen LogP contribution in [0.5, 0.6) is 5.75 Å². The number of para-hydroxylation sites is 2. The van der Waals surface area contributed by atoms with E-state index in [9.17, 15) is 4.79 Å². The summed E-state index contributed by atoms with van der Waals surface area (Å²) in [4.78, 5) is 21.8. The minimum atomic E-state index is -0.0399. The minimum Gasteiger partial charge on any atom is -0.482 e. The number of benzene rings is 1. The molecule has 2 aromatic rings. The highest BCUT2D eigenvalue weighted by Gasteiger charge is 2.24. The number of carbonyl (C=O) groups is 1. The van der Waals surface area contributed by atoms with Gasteiger partial charge in [0, 0.05) is 13.1 Å². The van der Waals surface area contributed by atoms with Gasteiger partial charge in [-0.2, -0.15) is 5.26 Å². The summed E-state index contributed by atoms with van der Waals surface area (Å²) in [6.07, 6.45) is 3.69. The number of anilines is 2. The van der Waals surface area contributed by atoms with Crippen molar-refractivity contribution >= 4 is 17.4 Å². The zero-order valence-corrected chi connectivity index (χ0v) is 12.4. The van der Waals surface area contributed by atoms with E-state index >= 15 is 0 Å². The van der Waals surface area contributed by atoms with E-state index in [1.807, 2.05) is 30.3 Å². The van der Waals surface area contributed by atoms with Crippen LogP contribution in [0.1, 0.15) is 12.1 Å². The highest BCUT2D eigenvalue weighted by Crippen LogP contribution is 2.31. The number of rotatable bonds is 5. The molecule has 23 heavy (non-hydrogen) atoms. The number of aromatic nitrogens is 2. The molecule has 0 bridgehead atoms. The van der Waals surface area contributed by atoms with E-state index in [4.69, 9.17) is 10.00 Å². The number of carbonyl (C=O) groups excluding carboxylic acids is 1. The normalized spacial score (nSPS) is 13.0. The topological polar surface area (TPSA) is 91.1 Å². The van der Waals surface area contributed by atoms with Gasteiger partial charge in [0.25, 0.3) is 5.91 Å². The van der Waals surface area contributed by atoms with Crippen molar-refractivity contribution in [2.45, 2.75) is 6.42 Å². The van der Waals surface area contributed by atoms with Crippen LogP contribution in [0, 0.1) is 11.3 Å². The summed E-state index contributed by atoms with van der Waals surface area (Å²) in [6.45, 7) is 1.31. The molecule has 0 aliphatic carbocycles. The highest BCUT2D eigenvalue weighted by atomic mass is 16.5. The fourth-order valence-electron chi connectivity index (χ4n) is 2.33. The Hall–Kier alpha value is -3.14. The second-order valence-corrected chi connectivity index (χ2v) is 4.98. The second kappa shape index (κ2) is 6.75. The van der Waals surface area contributed by atoms with Crippen LogP contribution in [-0.4, -0.2) is 35.6 Å². The number of nitrogens with one attached hydrogen (secondary N) is 1. The number of hydrogen-bond acceptors (Lipinski definition) is 6. The summed E-state index contributed by atoms with van der Waals surface area (Å²) >= 11 is 0. The number of hydrogen-bond donors (Lipinski definition) is 1. The zero-order chi connectivity index (χ0) is 16.1. The van der Waals surface area contributed by atoms with Gasteiger partial charge in [-0.1, -0.05) is 12.1 Å². The summed E-state index contributed by atoms with van der Waals surface area (Å²) in [7, 11) is 0. The van der Waals surface area contributed by atoms with Gasteiger partial charge in [-0.3, -0.25) is 4.79 Å². The van der Waals surface area contributed by atoms with E-state index in [0.29, 0.717) is 18.9 Å². The van der Waals surface area contributed by atoms with Crippen molar-refractivity contribution in [3.63, 3.8) is 0 Å². The Morgan fingerprint density at radius 2 is 2.17 bits per heavy atom. The van der Waals surface area contributed by atoms with Crippen LogP contribution in [0.4, 0.5) is 11.5 Å². The van der Waals surface area contributed by atoms with Crippen molar-refractivity contribution < 1.29 is 9.53 Å². The third-order valence-corrected chi connectivity index (χ3v) is 3.44. The summed E-state index contributed by atoms with van der Waals surface area (Å²) in [5.74, 6) is 1.30. The molecule has 3 rings (SSSR count). The van der Waals surface area contributed by atoms with Gasteiger partial charge < -0.3 is 15.0 Å². The van der Waals surface area contributed by atoms with Gasteiger partial charge in [-0.05, 0) is 18.6 Å². The molecule has 0 fully saturated rings. The zero-order valence-electron chi connectivity index (χ0n) is 12.4. The molecule has 1 N–H and O–H groups in total. The maximum atomic E-state index is 12.0. The molecule has 1 aromatic carbocycles. The first-order chi connectivity index (χ1) is 11.3. The number of fused-ring (bicyclic) bond motifs is 1. The van der Waals surface area contributed by atoms with E-state index in [1.165, 1.54) is 12.4 Å². The number of amides is 1. The average molecular weight is 309 g/mol. The van der Waals surface area contributed by atoms with Crippen LogP contribution in [0.3, 0.4) is 0 Å². The molecule has 0 unspecified atom stereocenters. The van der Waals surface area contributed by atoms with E-state index in [1.54, 1.807) is 4.90 Å². The van der Waals surface area contributed by atoms with E-state index in [2.05, 4.69) is 15.3 Å². The molecule has 0 spiro atoms. The molecule has 116 valence electrons. The van der Waals surface area contributed by atoms with Crippen molar-refractivity contribution in [1.82, 2.24) is 9.97 Å². The first-order valence-electron chi connectivity index (χ1n) is 7.26. The first-order valence-corrected chi connectivity index (χ1v) is 7.26. The van der Waals surface area contributed by atoms with Gasteiger partial charge in [0.1, 0.15) is 17.6 Å². The van der Waals surface area contributed by atoms with E-state index < -0.39 is 0 Å². The Kier molecular flexibility index (Phi) is 4.34. The lowest BCUT2D eigenvalue weighted by atomic mass is 10.2. The summed E-state index contributed by atoms with van der Waals surface area (Å²) in [5, 5.41) is 11.8. The van der Waals surface area contributed by atoms with Crippen molar-refractivity contribution in [3.05, 3.63) is 42.4 Å². The SMILES string of the molecule is N#Cc1cnc(NCCCN2C(=O)COc3ccccc32)cn1. The summed E-state index contributed by atoms with van der Waals surface area (Å²) in [6, 6.07) is 9.44. The monoisotopic (exact) mass is 309 g/mol. The van der Waals surface area contributed by atoms with Crippen LogP contribution in [0.15, 0.2) is 36.7 Å². The first kappa shape index (κ1) is 14.8. The Balaban J connectivity index is 1.54. The third kappa shape index (κ3) is 3.37. The smallest absolute Gasteiger partial charge is 0.265 e. The molecular formula is C16H15N5O2. The van der Waals surface area contributed by atoms with Crippen LogP contribution >= 0.6 is 0 Å². The fourth-order valence-corrected chi connectivity index (χ4v) is 2.33. The molecule has 1 aliphatic rings. The molecule has 2 heterocycles. The van der Waals surface area contributed by atoms with Crippen LogP contribution in [-0.2, 0) is 4.79 Å². The van der Waals surface area contributed by atoms with Crippen molar-refractivity contribution in [1.29, 1.82) is 5.26 Å². The Morgan fingerprint density at radius 3 is 2.96 bits per heavy atom. The van der Waals surface area contributed by atoms with Crippen molar-refractivity contribution in [2.24, 2.45) is 0 Å². The molecule has 1 aliphatic heterocycles. The maximum Gasteiger partial charge on any atom is 0.265 e. The molecule has 0 atom stereocenters. The van der Waals surface area contributed by atoms with Gasteiger partial charge >= 0.3 is 0 Å². The van der Waals surface area contributed by atoms with E-state index in [0.717, 1.165) is 17.9 Å². The Labute approximate surface area is 133 Å². The van der Waals surface area contributed by atoms with Crippen LogP contribution in [0.25, 0.3) is 0 Å². The minimum absolute atomic E-state index is 0.0399. The van der Waals surface area contributed by atoms with Crippen LogP contribution < -0.4 is 15.0 Å². The highest BCUT2D eigenvalue weighted by molar-refractivity contribution is 5.97. The molecule has 1 aromatic heterocycles. The van der Waals surface area contributed by atoms with Gasteiger partial charge in [-0.15, -0.1) is 0 Å². The van der Waals surface area contributed by atoms with Gasteiger partial charge in [-0.25, -0.2) is 9.97 Å². The van der Waals surface area contributed by atoms with Crippen LogP contribution in [0.2, 0.25) is 0 Å². The van der Waals surface area contributed by atoms with Gasteiger partial charge in [0.15, 0.2) is 12.3 Å². The number of nitriles is 1. The van der Waals surface area contributed by atoms with Gasteiger partial charge in [0.05, 0.1) is 18.1 Å². The lowest BCUT2D eigenvalue weighted by Crippen LogP contribution is -2.39. The standard InChI is InChI=1S/C16H15N5O2/c17-8-12-9-20-15(10-19-12)18-6-3-7-21-13-4-1-2-5-14(13)23-11-16(21)22/h1-2,4-5,9-10H,3,6-7,11H2,(H,18,20). The molecule has 0 radical (unpaired) electrons. The van der Waals surface area contributed by atoms with Gasteiger partial charge in [0.2, 0.25) is 0 Å². The fraction of sp³-hybridized carbons (Fsp3) is 0.250. The average Bonchev–Trinajstić information content (AvgIpc) is 2.60. The third-order valence-electron chi connectivity index (χ3n) is 3.44. The lowest BCUT2D eigenvalue weighted by molar-refractivity contribution is -0.121. The molecule has 1 amide bonds. The summed E-state index contributed by atoms with van der Waals surface area (Å²) in [5.41, 5.74) is 1.09. The second-order valence-electron chi connectivity index (χ2n) is 4.98. The van der Waals surface area contributed by atoms with E-state index in [-0.39, 0.29) is 18.2 Å². The predicted molar refractivity (Wildman–Crippen MR) is 84.1 cm³/mol. The lowest BCUT2D eigenvalue weighted by Gasteiger charge is -2.29. The molecule has 0 saturated carbocycles. The number of nitrogens with zero attached hydrogens (tertiary/aromatic N) is 4. The van der Waals surface area contributed by atoms with Crippen molar-refractivity contribution in [2.75, 3.05) is 29.9 Å². The molecule has 0 saturated heterocycles. The largest absolute Gasteiger partial charge is 0.482 e. The molecule has 7 nitrogen and oxygen atoms in total. The van der Waals surface area contributed by atoms with Crippen molar-refractivity contribution in [3.8, 4) is 11.8 Å². The summed E-state index contributed by atoms with van der Waals surface area (Å²) < 4.78 is 5.41. The Morgan fingerprint density at radius 1 is 1.30 bits per heavy atom. The number of ether oxygens (including phenoxy) is 1. The Bertz CT molecular complexity index is 739.